The highest BCUT2D eigenvalue weighted by molar-refractivity contribution is 5.91. The van der Waals surface area contributed by atoms with Crippen LogP contribution in [0.3, 0.4) is 0 Å². The first-order valence-electron chi connectivity index (χ1n) is 12.3. The summed E-state index contributed by atoms with van der Waals surface area (Å²) in [7, 11) is 7.15. The molecule has 2 heterocycles. The van der Waals surface area contributed by atoms with Crippen LogP contribution < -0.4 is 15.0 Å². The molecule has 1 N–H and O–H groups in total. The van der Waals surface area contributed by atoms with E-state index in [0.717, 1.165) is 52.3 Å². The number of hydrogen-bond acceptors (Lipinski definition) is 6. The van der Waals surface area contributed by atoms with Crippen molar-refractivity contribution in [3.8, 4) is 17.1 Å². The average Bonchev–Trinajstić information content (AvgIpc) is 3.24. The third kappa shape index (κ3) is 6.00. The Morgan fingerprint density at radius 3 is 2.61 bits per heavy atom. The molecule has 0 fully saturated rings. The lowest BCUT2D eigenvalue weighted by Gasteiger charge is -2.18. The number of halogens is 1. The second-order valence-electron chi connectivity index (χ2n) is 9.03. The maximum atomic E-state index is 13.5. The van der Waals surface area contributed by atoms with Crippen LogP contribution in [0, 0.1) is 5.82 Å². The van der Waals surface area contributed by atoms with Crippen molar-refractivity contribution in [1.82, 2.24) is 14.5 Å². The summed E-state index contributed by atoms with van der Waals surface area (Å²) in [6.07, 6.45) is 3.30. The van der Waals surface area contributed by atoms with Gasteiger partial charge in [-0.3, -0.25) is 0 Å². The molecule has 198 valence electrons. The third-order valence-corrected chi connectivity index (χ3v) is 6.05. The zero-order valence-electron chi connectivity index (χ0n) is 22.5. The van der Waals surface area contributed by atoms with Crippen LogP contribution in [0.4, 0.5) is 21.5 Å². The van der Waals surface area contributed by atoms with Gasteiger partial charge in [-0.25, -0.2) is 19.4 Å². The van der Waals surface area contributed by atoms with Gasteiger partial charge in [0.2, 0.25) is 0 Å². The van der Waals surface area contributed by atoms with Gasteiger partial charge < -0.3 is 24.3 Å². The van der Waals surface area contributed by atoms with E-state index in [1.165, 1.54) is 12.1 Å². The number of hydrogen-bond donors (Lipinski definition) is 1. The number of aliphatic imine (C=N–C) groups is 1. The van der Waals surface area contributed by atoms with Crippen molar-refractivity contribution < 1.29 is 13.9 Å². The molecule has 0 bridgehead atoms. The van der Waals surface area contributed by atoms with Crippen molar-refractivity contribution in [3.63, 3.8) is 0 Å². The Labute approximate surface area is 222 Å². The molecule has 2 aromatic carbocycles. The molecule has 0 radical (unpaired) electrons. The molecule has 4 aromatic rings. The van der Waals surface area contributed by atoms with Gasteiger partial charge >= 0.3 is 0 Å². The molecule has 8 nitrogen and oxygen atoms in total. The highest BCUT2D eigenvalue weighted by Crippen LogP contribution is 2.34. The topological polar surface area (TPSA) is 76.8 Å². The lowest BCUT2D eigenvalue weighted by atomic mass is 10.2. The van der Waals surface area contributed by atoms with Gasteiger partial charge in [0.15, 0.2) is 5.65 Å². The highest BCUT2D eigenvalue weighted by Gasteiger charge is 2.17. The minimum absolute atomic E-state index is 0.289. The monoisotopic (exact) mass is 516 g/mol. The normalized spacial score (nSPS) is 11.3. The number of ether oxygens (including phenoxy) is 2. The lowest BCUT2D eigenvalue weighted by Crippen LogP contribution is -2.15. The van der Waals surface area contributed by atoms with Crippen molar-refractivity contribution in [2.75, 3.05) is 38.1 Å². The Balaban J connectivity index is 1.75. The van der Waals surface area contributed by atoms with Gasteiger partial charge in [-0.1, -0.05) is 6.58 Å². The van der Waals surface area contributed by atoms with Crippen molar-refractivity contribution in [2.24, 2.45) is 12.0 Å². The largest absolute Gasteiger partial charge is 0.494 e. The van der Waals surface area contributed by atoms with Crippen LogP contribution in [-0.2, 0) is 18.2 Å². The number of rotatable bonds is 11. The Bertz CT molecular complexity index is 1460. The fourth-order valence-electron chi connectivity index (χ4n) is 4.13. The van der Waals surface area contributed by atoms with Gasteiger partial charge in [0.1, 0.15) is 22.9 Å². The number of methoxy groups -OCH3 is 2. The third-order valence-electron chi connectivity index (χ3n) is 6.05. The SMILES string of the molecule is C=C(C)N=CN(C)c1ccc(Nc2cc(CCCOC)nc3c2nc(-c2ccc(F)cc2)n3C)cc1OC. The number of allylic oxidation sites excluding steroid dienone is 1. The minimum Gasteiger partial charge on any atom is -0.494 e. The van der Waals surface area contributed by atoms with E-state index in [9.17, 15) is 4.39 Å². The second kappa shape index (κ2) is 11.9. The summed E-state index contributed by atoms with van der Waals surface area (Å²) in [5, 5.41) is 3.52. The summed E-state index contributed by atoms with van der Waals surface area (Å²) in [6.45, 7) is 6.30. The van der Waals surface area contributed by atoms with E-state index in [4.69, 9.17) is 19.4 Å². The van der Waals surface area contributed by atoms with E-state index in [0.29, 0.717) is 23.9 Å². The lowest BCUT2D eigenvalue weighted by molar-refractivity contribution is 0.195. The van der Waals surface area contributed by atoms with E-state index >= 15 is 0 Å². The number of benzene rings is 2. The standard InChI is InChI=1S/C29H33FN6O2/c1-19(2)31-18-35(3)25-14-13-23(17-26(25)38-6)32-24-16-22(8-7-15-37-5)33-29-27(24)34-28(36(29)4)20-9-11-21(30)12-10-20/h9-14,16-18H,1,7-8,15H2,2-6H3,(H,32,33). The van der Waals surface area contributed by atoms with Crippen LogP contribution in [0.15, 0.2) is 65.8 Å². The molecule has 0 aliphatic carbocycles. The first-order valence-corrected chi connectivity index (χ1v) is 12.3. The zero-order valence-corrected chi connectivity index (χ0v) is 22.5. The van der Waals surface area contributed by atoms with E-state index < -0.39 is 0 Å². The van der Waals surface area contributed by atoms with Crippen LogP contribution in [0.2, 0.25) is 0 Å². The Morgan fingerprint density at radius 2 is 1.92 bits per heavy atom. The van der Waals surface area contributed by atoms with Crippen LogP contribution in [0.25, 0.3) is 22.6 Å². The average molecular weight is 517 g/mol. The van der Waals surface area contributed by atoms with Crippen molar-refractivity contribution in [2.45, 2.75) is 19.8 Å². The van der Waals surface area contributed by atoms with E-state index in [-0.39, 0.29) is 5.82 Å². The van der Waals surface area contributed by atoms with Gasteiger partial charge in [0, 0.05) is 56.5 Å². The second-order valence-corrected chi connectivity index (χ2v) is 9.03. The van der Waals surface area contributed by atoms with Crippen molar-refractivity contribution in [1.29, 1.82) is 0 Å². The summed E-state index contributed by atoms with van der Waals surface area (Å²) >= 11 is 0. The molecule has 0 aliphatic rings. The van der Waals surface area contributed by atoms with Crippen molar-refractivity contribution >= 4 is 34.6 Å². The number of nitrogens with zero attached hydrogens (tertiary/aromatic N) is 5. The number of nitrogens with one attached hydrogen (secondary N) is 1. The molecular weight excluding hydrogens is 483 g/mol. The summed E-state index contributed by atoms with van der Waals surface area (Å²) < 4.78 is 26.4. The number of aromatic nitrogens is 3. The predicted molar refractivity (Wildman–Crippen MR) is 152 cm³/mol. The molecule has 38 heavy (non-hydrogen) atoms. The Hall–Kier alpha value is -4.24. The van der Waals surface area contributed by atoms with Gasteiger partial charge in [-0.15, -0.1) is 0 Å². The number of pyridine rings is 1. The predicted octanol–water partition coefficient (Wildman–Crippen LogP) is 6.10. The van der Waals surface area contributed by atoms with Gasteiger partial charge in [-0.2, -0.15) is 0 Å². The molecule has 0 amide bonds. The first kappa shape index (κ1) is 26.8. The van der Waals surface area contributed by atoms with Gasteiger partial charge in [-0.05, 0) is 62.2 Å². The fourth-order valence-corrected chi connectivity index (χ4v) is 4.13. The highest BCUT2D eigenvalue weighted by atomic mass is 19.1. The molecule has 0 spiro atoms. The van der Waals surface area contributed by atoms with E-state index in [1.807, 2.05) is 54.8 Å². The zero-order chi connectivity index (χ0) is 27.2. The van der Waals surface area contributed by atoms with Gasteiger partial charge in [0.25, 0.3) is 0 Å². The van der Waals surface area contributed by atoms with Gasteiger partial charge in [0.05, 0.1) is 24.8 Å². The number of anilines is 3. The first-order chi connectivity index (χ1) is 18.3. The smallest absolute Gasteiger partial charge is 0.162 e. The quantitative estimate of drug-likeness (QED) is 0.147. The minimum atomic E-state index is -0.289. The number of aryl methyl sites for hydroxylation is 2. The van der Waals surface area contributed by atoms with Crippen molar-refractivity contribution in [3.05, 3.63) is 72.3 Å². The van der Waals surface area contributed by atoms with Crippen LogP contribution in [0.1, 0.15) is 19.0 Å². The molecule has 0 aliphatic heterocycles. The molecule has 0 saturated carbocycles. The molecule has 2 aromatic heterocycles. The van der Waals surface area contributed by atoms with Crippen LogP contribution in [0.5, 0.6) is 5.75 Å². The Morgan fingerprint density at radius 1 is 1.16 bits per heavy atom. The summed E-state index contributed by atoms with van der Waals surface area (Å²) in [6, 6.07) is 14.2. The summed E-state index contributed by atoms with van der Waals surface area (Å²) in [4.78, 5) is 15.9. The van der Waals surface area contributed by atoms with Crippen LogP contribution in [-0.4, -0.2) is 48.7 Å². The maximum absolute atomic E-state index is 13.5. The molecule has 9 heteroatoms. The van der Waals surface area contributed by atoms with E-state index in [2.05, 4.69) is 16.9 Å². The molecule has 4 rings (SSSR count). The number of fused-ring (bicyclic) bond motifs is 1. The molecule has 0 atom stereocenters. The summed E-state index contributed by atoms with van der Waals surface area (Å²) in [5.41, 5.74) is 6.41. The molecule has 0 unspecified atom stereocenters. The van der Waals surface area contributed by atoms with E-state index in [1.54, 1.807) is 32.7 Å². The molecular formula is C29H33FN6O2. The number of imidazole rings is 1. The summed E-state index contributed by atoms with van der Waals surface area (Å²) in [5.74, 6) is 1.10. The van der Waals surface area contributed by atoms with Crippen LogP contribution >= 0.6 is 0 Å². The Kier molecular flexibility index (Phi) is 8.38. The maximum Gasteiger partial charge on any atom is 0.162 e. The fraction of sp³-hybridized carbons (Fsp3) is 0.276. The molecule has 0 saturated heterocycles.